The summed E-state index contributed by atoms with van der Waals surface area (Å²) in [4.78, 5) is 21.9. The number of rotatable bonds is 4. The third-order valence-corrected chi connectivity index (χ3v) is 3.12. The highest BCUT2D eigenvalue weighted by Gasteiger charge is 2.23. The van der Waals surface area contributed by atoms with Crippen molar-refractivity contribution < 1.29 is 14.4 Å². The molecule has 0 aliphatic carbocycles. The number of nitro groups is 1. The van der Waals surface area contributed by atoms with E-state index in [0.29, 0.717) is 11.9 Å². The molecule has 102 valence electrons. The van der Waals surface area contributed by atoms with E-state index < -0.39 is 16.3 Å². The van der Waals surface area contributed by atoms with Crippen LogP contribution < -0.4 is 5.76 Å². The normalized spacial score (nSPS) is 14.5. The molecule has 0 bridgehead atoms. The number of aromatic nitrogens is 1. The van der Waals surface area contributed by atoms with E-state index in [4.69, 9.17) is 4.42 Å². The van der Waals surface area contributed by atoms with Crippen molar-refractivity contribution in [1.29, 1.82) is 0 Å². The second-order valence-corrected chi connectivity index (χ2v) is 4.71. The van der Waals surface area contributed by atoms with Crippen molar-refractivity contribution in [2.24, 2.45) is 0 Å². The summed E-state index contributed by atoms with van der Waals surface area (Å²) >= 11 is 0. The van der Waals surface area contributed by atoms with Crippen LogP contribution in [0, 0.1) is 10.1 Å². The SMILES string of the molecule is CCC(C)(O)Cn1c(=O)oc2ccc([N+](=O)[O-])cc21. The Bertz CT molecular complexity index is 683. The largest absolute Gasteiger partial charge is 0.420 e. The highest BCUT2D eigenvalue weighted by molar-refractivity contribution is 5.75. The van der Waals surface area contributed by atoms with E-state index >= 15 is 0 Å². The summed E-state index contributed by atoms with van der Waals surface area (Å²) in [5.41, 5.74) is -0.626. The molecule has 0 radical (unpaired) electrons. The predicted molar refractivity (Wildman–Crippen MR) is 68.0 cm³/mol. The highest BCUT2D eigenvalue weighted by atomic mass is 16.6. The topological polar surface area (TPSA) is 98.5 Å². The van der Waals surface area contributed by atoms with Gasteiger partial charge in [0, 0.05) is 12.1 Å². The summed E-state index contributed by atoms with van der Waals surface area (Å²) in [6.45, 7) is 3.40. The van der Waals surface area contributed by atoms with Gasteiger partial charge in [-0.3, -0.25) is 14.7 Å². The van der Waals surface area contributed by atoms with Crippen LogP contribution in [-0.2, 0) is 6.54 Å². The molecule has 19 heavy (non-hydrogen) atoms. The Kier molecular flexibility index (Phi) is 3.15. The Morgan fingerprint density at radius 3 is 2.79 bits per heavy atom. The maximum atomic E-state index is 11.7. The Labute approximate surface area is 108 Å². The van der Waals surface area contributed by atoms with Crippen LogP contribution in [0.2, 0.25) is 0 Å². The number of nitro benzene ring substituents is 1. The maximum Gasteiger partial charge on any atom is 0.420 e. The zero-order chi connectivity index (χ0) is 14.2. The number of aliphatic hydroxyl groups is 1. The molecule has 0 aliphatic heterocycles. The molecule has 0 saturated heterocycles. The smallest absolute Gasteiger partial charge is 0.408 e. The van der Waals surface area contributed by atoms with Crippen LogP contribution >= 0.6 is 0 Å². The van der Waals surface area contributed by atoms with E-state index in [1.54, 1.807) is 13.8 Å². The lowest BCUT2D eigenvalue weighted by Crippen LogP contribution is -2.33. The molecular weight excluding hydrogens is 252 g/mol. The minimum atomic E-state index is -1.08. The number of oxazole rings is 1. The fourth-order valence-corrected chi connectivity index (χ4v) is 1.77. The average Bonchev–Trinajstić information content (AvgIpc) is 2.65. The summed E-state index contributed by atoms with van der Waals surface area (Å²) in [7, 11) is 0. The summed E-state index contributed by atoms with van der Waals surface area (Å²) in [5.74, 6) is -0.635. The summed E-state index contributed by atoms with van der Waals surface area (Å²) in [5, 5.41) is 20.8. The van der Waals surface area contributed by atoms with Gasteiger partial charge in [0.25, 0.3) is 5.69 Å². The van der Waals surface area contributed by atoms with Crippen LogP contribution in [0.4, 0.5) is 5.69 Å². The molecule has 7 heteroatoms. The van der Waals surface area contributed by atoms with Gasteiger partial charge in [0.15, 0.2) is 5.58 Å². The van der Waals surface area contributed by atoms with Crippen LogP contribution in [0.15, 0.2) is 27.4 Å². The molecule has 0 saturated carbocycles. The predicted octanol–water partition coefficient (Wildman–Crippen LogP) is 1.66. The lowest BCUT2D eigenvalue weighted by atomic mass is 10.0. The first-order valence-electron chi connectivity index (χ1n) is 5.84. The molecule has 0 spiro atoms. The molecule has 1 atom stereocenters. The second-order valence-electron chi connectivity index (χ2n) is 4.71. The minimum Gasteiger partial charge on any atom is -0.408 e. The van der Waals surface area contributed by atoms with Gasteiger partial charge in [-0.05, 0) is 19.4 Å². The molecule has 0 aliphatic rings. The van der Waals surface area contributed by atoms with Gasteiger partial charge in [-0.15, -0.1) is 0 Å². The van der Waals surface area contributed by atoms with Crippen molar-refractivity contribution >= 4 is 16.8 Å². The summed E-state index contributed by atoms with van der Waals surface area (Å²) in [6.07, 6.45) is 0.445. The van der Waals surface area contributed by atoms with Gasteiger partial charge in [-0.2, -0.15) is 0 Å². The van der Waals surface area contributed by atoms with E-state index in [1.807, 2.05) is 0 Å². The van der Waals surface area contributed by atoms with Crippen LogP contribution in [0.1, 0.15) is 20.3 Å². The number of hydrogen-bond donors (Lipinski definition) is 1. The van der Waals surface area contributed by atoms with Gasteiger partial charge < -0.3 is 9.52 Å². The molecule has 1 N–H and O–H groups in total. The van der Waals surface area contributed by atoms with E-state index in [-0.39, 0.29) is 17.8 Å². The van der Waals surface area contributed by atoms with E-state index in [0.717, 1.165) is 0 Å². The third kappa shape index (κ3) is 2.50. The van der Waals surface area contributed by atoms with Gasteiger partial charge in [0.2, 0.25) is 0 Å². The quantitative estimate of drug-likeness (QED) is 0.670. The maximum absolute atomic E-state index is 11.7. The molecule has 2 aromatic rings. The van der Waals surface area contributed by atoms with Crippen LogP contribution in [-0.4, -0.2) is 20.2 Å². The van der Waals surface area contributed by atoms with Crippen molar-refractivity contribution in [3.05, 3.63) is 38.9 Å². The van der Waals surface area contributed by atoms with Crippen molar-refractivity contribution in [2.75, 3.05) is 0 Å². The summed E-state index contributed by atoms with van der Waals surface area (Å²) < 4.78 is 6.21. The second kappa shape index (κ2) is 4.51. The molecule has 1 heterocycles. The van der Waals surface area contributed by atoms with E-state index in [1.165, 1.54) is 22.8 Å². The number of benzene rings is 1. The van der Waals surface area contributed by atoms with Gasteiger partial charge in [0.05, 0.1) is 22.6 Å². The van der Waals surface area contributed by atoms with E-state index in [9.17, 15) is 20.0 Å². The molecule has 1 unspecified atom stereocenters. The van der Waals surface area contributed by atoms with Gasteiger partial charge >= 0.3 is 5.76 Å². The Morgan fingerprint density at radius 2 is 2.21 bits per heavy atom. The van der Waals surface area contributed by atoms with Crippen LogP contribution in [0.5, 0.6) is 0 Å². The molecule has 2 rings (SSSR count). The number of fused-ring (bicyclic) bond motifs is 1. The molecular formula is C12H14N2O5. The molecule has 1 aromatic heterocycles. The Hall–Kier alpha value is -2.15. The monoisotopic (exact) mass is 266 g/mol. The Morgan fingerprint density at radius 1 is 1.53 bits per heavy atom. The first-order valence-corrected chi connectivity index (χ1v) is 5.84. The first-order chi connectivity index (χ1) is 8.84. The average molecular weight is 266 g/mol. The van der Waals surface area contributed by atoms with E-state index in [2.05, 4.69) is 0 Å². The Balaban J connectivity index is 2.59. The van der Waals surface area contributed by atoms with Crippen molar-refractivity contribution in [2.45, 2.75) is 32.4 Å². The molecule has 0 amide bonds. The highest BCUT2D eigenvalue weighted by Crippen LogP contribution is 2.22. The molecule has 0 fully saturated rings. The van der Waals surface area contributed by atoms with Crippen LogP contribution in [0.3, 0.4) is 0 Å². The molecule has 1 aromatic carbocycles. The van der Waals surface area contributed by atoms with Gasteiger partial charge in [-0.1, -0.05) is 6.92 Å². The fraction of sp³-hybridized carbons (Fsp3) is 0.417. The van der Waals surface area contributed by atoms with Crippen molar-refractivity contribution in [1.82, 2.24) is 4.57 Å². The van der Waals surface area contributed by atoms with Crippen molar-refractivity contribution in [3.63, 3.8) is 0 Å². The first kappa shape index (κ1) is 13.3. The zero-order valence-corrected chi connectivity index (χ0v) is 10.6. The van der Waals surface area contributed by atoms with Gasteiger partial charge in [-0.25, -0.2) is 4.79 Å². The minimum absolute atomic E-state index is 0.0243. The van der Waals surface area contributed by atoms with Crippen LogP contribution in [0.25, 0.3) is 11.1 Å². The van der Waals surface area contributed by atoms with Crippen molar-refractivity contribution in [3.8, 4) is 0 Å². The standard InChI is InChI=1S/C12H14N2O5/c1-3-12(2,16)7-13-9-6-8(14(17)18)4-5-10(9)19-11(13)15/h4-6,16H,3,7H2,1-2H3. The number of nitrogens with zero attached hydrogens (tertiary/aromatic N) is 2. The third-order valence-electron chi connectivity index (χ3n) is 3.12. The number of non-ortho nitro benzene ring substituents is 1. The lowest BCUT2D eigenvalue weighted by Gasteiger charge is -2.20. The van der Waals surface area contributed by atoms with Gasteiger partial charge in [0.1, 0.15) is 0 Å². The summed E-state index contributed by atoms with van der Waals surface area (Å²) in [6, 6.07) is 3.92. The zero-order valence-electron chi connectivity index (χ0n) is 10.6. The molecule has 7 nitrogen and oxygen atoms in total. The number of hydrogen-bond acceptors (Lipinski definition) is 5. The fourth-order valence-electron chi connectivity index (χ4n) is 1.77. The lowest BCUT2D eigenvalue weighted by molar-refractivity contribution is -0.384.